The van der Waals surface area contributed by atoms with E-state index in [-0.39, 0.29) is 0 Å². The van der Waals surface area contributed by atoms with Crippen molar-refractivity contribution < 1.29 is 0 Å². The number of hydrogen-bond acceptors (Lipinski definition) is 2. The van der Waals surface area contributed by atoms with Gasteiger partial charge in [-0.2, -0.15) is 0 Å². The molecule has 0 fully saturated rings. The molecule has 2 heteroatoms. The van der Waals surface area contributed by atoms with Gasteiger partial charge < -0.3 is 9.80 Å². The Bertz CT molecular complexity index is 1740. The van der Waals surface area contributed by atoms with E-state index in [0.29, 0.717) is 0 Å². The van der Waals surface area contributed by atoms with Crippen LogP contribution in [0.1, 0.15) is 16.7 Å². The summed E-state index contributed by atoms with van der Waals surface area (Å²) in [5.41, 5.74) is 13.0. The molecule has 0 unspecified atom stereocenters. The summed E-state index contributed by atoms with van der Waals surface area (Å²) >= 11 is 0. The van der Waals surface area contributed by atoms with Crippen LogP contribution in [0, 0.1) is 20.8 Å². The Hall–Kier alpha value is -5.08. The zero-order valence-corrected chi connectivity index (χ0v) is 23.8. The predicted octanol–water partition coefficient (Wildman–Crippen LogP) is 11.2. The monoisotopic (exact) mass is 530 g/mol. The summed E-state index contributed by atoms with van der Waals surface area (Å²) in [5, 5.41) is 0. The van der Waals surface area contributed by atoms with E-state index >= 15 is 0 Å². The molecule has 0 saturated heterocycles. The molecule has 0 aliphatic carbocycles. The van der Waals surface area contributed by atoms with Crippen LogP contribution in [0.25, 0.3) is 11.1 Å². The molecule has 6 aromatic rings. The highest BCUT2D eigenvalue weighted by atomic mass is 15.1. The quantitative estimate of drug-likeness (QED) is 0.202. The van der Waals surface area contributed by atoms with Crippen molar-refractivity contribution in [3.63, 3.8) is 0 Å². The maximum Gasteiger partial charge on any atom is 0.0490 e. The number of aryl methyl sites for hydroxylation is 3. The average molecular weight is 531 g/mol. The van der Waals surface area contributed by atoms with E-state index in [4.69, 9.17) is 0 Å². The van der Waals surface area contributed by atoms with Crippen LogP contribution in [0.15, 0.2) is 152 Å². The summed E-state index contributed by atoms with van der Waals surface area (Å²) in [7, 11) is 0. The Morgan fingerprint density at radius 2 is 0.805 bits per heavy atom. The van der Waals surface area contributed by atoms with Crippen LogP contribution >= 0.6 is 0 Å². The molecule has 0 spiro atoms. The van der Waals surface area contributed by atoms with E-state index in [9.17, 15) is 0 Å². The summed E-state index contributed by atoms with van der Waals surface area (Å²) in [4.78, 5) is 4.64. The van der Waals surface area contributed by atoms with Gasteiger partial charge in [0.2, 0.25) is 0 Å². The molecule has 41 heavy (non-hydrogen) atoms. The van der Waals surface area contributed by atoms with E-state index < -0.39 is 0 Å². The van der Waals surface area contributed by atoms with Gasteiger partial charge in [-0.3, -0.25) is 0 Å². The van der Waals surface area contributed by atoms with E-state index in [1.54, 1.807) is 0 Å². The second-order valence-corrected chi connectivity index (χ2v) is 10.6. The van der Waals surface area contributed by atoms with Gasteiger partial charge in [0.1, 0.15) is 0 Å². The Balaban J connectivity index is 1.33. The first kappa shape index (κ1) is 26.2. The molecular weight excluding hydrogens is 496 g/mol. The van der Waals surface area contributed by atoms with Crippen molar-refractivity contribution in [2.75, 3.05) is 9.80 Å². The predicted molar refractivity (Wildman–Crippen MR) is 175 cm³/mol. The molecule has 6 aromatic carbocycles. The van der Waals surface area contributed by atoms with Gasteiger partial charge in [0.05, 0.1) is 0 Å². The number of nitrogens with zero attached hydrogens (tertiary/aromatic N) is 2. The van der Waals surface area contributed by atoms with Crippen LogP contribution < -0.4 is 9.80 Å². The maximum atomic E-state index is 2.33. The van der Waals surface area contributed by atoms with Crippen molar-refractivity contribution >= 4 is 34.1 Å². The first-order valence-electron chi connectivity index (χ1n) is 14.1. The fraction of sp³-hybridized carbons (Fsp3) is 0.0769. The lowest BCUT2D eigenvalue weighted by Gasteiger charge is -2.27. The number of para-hydroxylation sites is 2. The molecule has 0 aliphatic heterocycles. The highest BCUT2D eigenvalue weighted by Gasteiger charge is 2.15. The lowest BCUT2D eigenvalue weighted by atomic mass is 10.0. The SMILES string of the molecule is Cc1cccc(N(c2ccccc2)c2ccc(-c3ccc(N(c4ccccc4)c4ccc(C)cc4C)cc3)cc2)c1. The molecule has 0 aliphatic rings. The molecule has 6 rings (SSSR count). The van der Waals surface area contributed by atoms with Crippen molar-refractivity contribution in [3.8, 4) is 11.1 Å². The standard InChI is InChI=1S/C39H34N2/c1-29-11-10-16-38(28-29)40(34-12-6-4-7-13-34)36-22-18-32(19-23-36)33-20-24-37(25-21-33)41(35-14-8-5-9-15-35)39-26-17-30(2)27-31(39)3/h4-28H,1-3H3. The van der Waals surface area contributed by atoms with E-state index in [1.807, 2.05) is 0 Å². The first-order chi connectivity index (χ1) is 20.1. The van der Waals surface area contributed by atoms with Gasteiger partial charge in [0.15, 0.2) is 0 Å². The lowest BCUT2D eigenvalue weighted by molar-refractivity contribution is 1.24. The Morgan fingerprint density at radius 1 is 0.341 bits per heavy atom. The summed E-state index contributed by atoms with van der Waals surface area (Å²) in [6.07, 6.45) is 0. The molecular formula is C39H34N2. The van der Waals surface area contributed by atoms with Crippen molar-refractivity contribution in [3.05, 3.63) is 168 Å². The molecule has 2 nitrogen and oxygen atoms in total. The molecule has 200 valence electrons. The highest BCUT2D eigenvalue weighted by Crippen LogP contribution is 2.39. The molecule has 0 radical (unpaired) electrons. The Kier molecular flexibility index (Phi) is 7.38. The summed E-state index contributed by atoms with van der Waals surface area (Å²) in [6.45, 7) is 6.46. The van der Waals surface area contributed by atoms with Crippen LogP contribution in [-0.2, 0) is 0 Å². The molecule has 0 atom stereocenters. The van der Waals surface area contributed by atoms with Crippen LogP contribution in [0.5, 0.6) is 0 Å². The summed E-state index contributed by atoms with van der Waals surface area (Å²) in [5.74, 6) is 0. The van der Waals surface area contributed by atoms with Crippen LogP contribution in [0.4, 0.5) is 34.1 Å². The van der Waals surface area contributed by atoms with E-state index in [0.717, 1.165) is 28.4 Å². The molecule has 0 heterocycles. The van der Waals surface area contributed by atoms with Crippen molar-refractivity contribution in [1.29, 1.82) is 0 Å². The third-order valence-corrected chi connectivity index (χ3v) is 7.47. The van der Waals surface area contributed by atoms with Crippen LogP contribution in [0.3, 0.4) is 0 Å². The second-order valence-electron chi connectivity index (χ2n) is 10.6. The summed E-state index contributed by atoms with van der Waals surface area (Å²) < 4.78 is 0. The fourth-order valence-corrected chi connectivity index (χ4v) is 5.46. The van der Waals surface area contributed by atoms with Gasteiger partial charge in [-0.05, 0) is 110 Å². The van der Waals surface area contributed by atoms with E-state index in [2.05, 4.69) is 182 Å². The van der Waals surface area contributed by atoms with Gasteiger partial charge in [-0.15, -0.1) is 0 Å². The number of benzene rings is 6. The molecule has 0 N–H and O–H groups in total. The van der Waals surface area contributed by atoms with Gasteiger partial charge in [0.25, 0.3) is 0 Å². The molecule has 0 saturated carbocycles. The minimum absolute atomic E-state index is 1.13. The number of hydrogen-bond donors (Lipinski definition) is 0. The van der Waals surface area contributed by atoms with E-state index in [1.165, 1.54) is 33.5 Å². The van der Waals surface area contributed by atoms with Crippen molar-refractivity contribution in [2.45, 2.75) is 20.8 Å². The molecule has 0 aromatic heterocycles. The van der Waals surface area contributed by atoms with Crippen molar-refractivity contribution in [1.82, 2.24) is 0 Å². The second kappa shape index (κ2) is 11.6. The van der Waals surface area contributed by atoms with Gasteiger partial charge in [-0.25, -0.2) is 0 Å². The fourth-order valence-electron chi connectivity index (χ4n) is 5.46. The molecule has 0 bridgehead atoms. The third-order valence-electron chi connectivity index (χ3n) is 7.47. The Morgan fingerprint density at radius 3 is 1.34 bits per heavy atom. The minimum Gasteiger partial charge on any atom is -0.310 e. The zero-order valence-electron chi connectivity index (χ0n) is 23.8. The smallest absolute Gasteiger partial charge is 0.0490 e. The van der Waals surface area contributed by atoms with Crippen LogP contribution in [0.2, 0.25) is 0 Å². The first-order valence-corrected chi connectivity index (χ1v) is 14.1. The Labute approximate surface area is 243 Å². The minimum atomic E-state index is 1.13. The normalized spacial score (nSPS) is 10.8. The largest absolute Gasteiger partial charge is 0.310 e. The third kappa shape index (κ3) is 5.64. The van der Waals surface area contributed by atoms with Gasteiger partial charge in [0, 0.05) is 34.1 Å². The maximum absolute atomic E-state index is 2.33. The zero-order chi connectivity index (χ0) is 28.2. The topological polar surface area (TPSA) is 6.48 Å². The van der Waals surface area contributed by atoms with Gasteiger partial charge in [-0.1, -0.05) is 90.5 Å². The average Bonchev–Trinajstić information content (AvgIpc) is 3.00. The van der Waals surface area contributed by atoms with Crippen molar-refractivity contribution in [2.24, 2.45) is 0 Å². The van der Waals surface area contributed by atoms with Gasteiger partial charge >= 0.3 is 0 Å². The lowest BCUT2D eigenvalue weighted by Crippen LogP contribution is -2.11. The number of rotatable bonds is 7. The van der Waals surface area contributed by atoms with Crippen LogP contribution in [-0.4, -0.2) is 0 Å². The molecule has 0 amide bonds. The number of anilines is 6. The summed E-state index contributed by atoms with van der Waals surface area (Å²) in [6, 6.07) is 54.2. The highest BCUT2D eigenvalue weighted by molar-refractivity contribution is 5.81.